The topological polar surface area (TPSA) is 81.4 Å². The van der Waals surface area contributed by atoms with Crippen LogP contribution in [0.3, 0.4) is 0 Å². The zero-order valence-electron chi connectivity index (χ0n) is 15.3. The first-order valence-electron chi connectivity index (χ1n) is 9.13. The van der Waals surface area contributed by atoms with Crippen molar-refractivity contribution in [3.8, 4) is 17.1 Å². The van der Waals surface area contributed by atoms with Crippen molar-refractivity contribution in [3.63, 3.8) is 0 Å². The van der Waals surface area contributed by atoms with Crippen molar-refractivity contribution in [2.75, 3.05) is 7.11 Å². The molecule has 1 aromatic heterocycles. The average molecular weight is 378 g/mol. The second-order valence-corrected chi connectivity index (χ2v) is 8.54. The number of aromatic nitrogens is 1. The van der Waals surface area contributed by atoms with Crippen LogP contribution in [0.4, 0.5) is 0 Å². The largest absolute Gasteiger partial charge is 0.495 e. The van der Waals surface area contributed by atoms with E-state index in [1.165, 1.54) is 26.4 Å². The van der Waals surface area contributed by atoms with Gasteiger partial charge >= 0.3 is 0 Å². The maximum absolute atomic E-state index is 13.0. The van der Waals surface area contributed by atoms with Gasteiger partial charge in [-0.3, -0.25) is 0 Å². The summed E-state index contributed by atoms with van der Waals surface area (Å²) in [5, 5.41) is 3.87. The van der Waals surface area contributed by atoms with Gasteiger partial charge in [-0.1, -0.05) is 37.3 Å². The molecule has 0 spiro atoms. The van der Waals surface area contributed by atoms with E-state index in [4.69, 9.17) is 9.26 Å². The summed E-state index contributed by atoms with van der Waals surface area (Å²) in [5.41, 5.74) is 1.40. The van der Waals surface area contributed by atoms with Crippen LogP contribution in [0, 0.1) is 6.92 Å². The molecule has 0 bridgehead atoms. The predicted molar refractivity (Wildman–Crippen MR) is 99.7 cm³/mol. The Morgan fingerprint density at radius 2 is 1.81 bits per heavy atom. The Morgan fingerprint density at radius 3 is 2.42 bits per heavy atom. The first-order valence-corrected chi connectivity index (χ1v) is 10.6. The van der Waals surface area contributed by atoms with Gasteiger partial charge < -0.3 is 9.26 Å². The van der Waals surface area contributed by atoms with Crippen molar-refractivity contribution in [1.29, 1.82) is 0 Å². The van der Waals surface area contributed by atoms with E-state index in [1.807, 2.05) is 6.92 Å². The number of rotatable bonds is 5. The Bertz CT molecular complexity index is 837. The summed E-state index contributed by atoms with van der Waals surface area (Å²) in [6.07, 6.45) is 7.45. The highest BCUT2D eigenvalue weighted by Crippen LogP contribution is 2.31. The molecule has 142 valence electrons. The smallest absolute Gasteiger partial charge is 0.244 e. The number of hydrogen-bond acceptors (Lipinski definition) is 5. The number of hydrogen-bond donors (Lipinski definition) is 1. The third-order valence-corrected chi connectivity index (χ3v) is 6.33. The summed E-state index contributed by atoms with van der Waals surface area (Å²) in [6, 6.07) is 6.76. The molecular formula is C19H26N2O4S. The van der Waals surface area contributed by atoms with E-state index in [9.17, 15) is 8.42 Å². The van der Waals surface area contributed by atoms with E-state index in [2.05, 4.69) is 9.88 Å². The summed E-state index contributed by atoms with van der Waals surface area (Å²) in [6.45, 7) is 1.82. The van der Waals surface area contributed by atoms with Gasteiger partial charge in [-0.05, 0) is 38.0 Å². The van der Waals surface area contributed by atoms with Crippen LogP contribution in [0.1, 0.15) is 50.6 Å². The lowest BCUT2D eigenvalue weighted by Gasteiger charge is -2.21. The SMILES string of the molecule is COc1ccc(-c2cc(C)no2)cc1S(=O)(=O)NC1CCCCCCC1. The Morgan fingerprint density at radius 1 is 1.12 bits per heavy atom. The molecule has 26 heavy (non-hydrogen) atoms. The number of ether oxygens (including phenoxy) is 1. The van der Waals surface area contributed by atoms with Crippen LogP contribution < -0.4 is 9.46 Å². The fourth-order valence-corrected chi connectivity index (χ4v) is 4.90. The maximum Gasteiger partial charge on any atom is 0.244 e. The van der Waals surface area contributed by atoms with Crippen LogP contribution >= 0.6 is 0 Å². The standard InChI is InChI=1S/C19H26N2O4S/c1-14-12-18(25-20-14)15-10-11-17(24-2)19(13-15)26(22,23)21-16-8-6-4-3-5-7-9-16/h10-13,16,21H,3-9H2,1-2H3. The van der Waals surface area contributed by atoms with Crippen molar-refractivity contribution in [2.24, 2.45) is 0 Å². The van der Waals surface area contributed by atoms with Gasteiger partial charge in [0, 0.05) is 17.7 Å². The van der Waals surface area contributed by atoms with Crippen molar-refractivity contribution in [3.05, 3.63) is 30.0 Å². The molecule has 0 radical (unpaired) electrons. The molecule has 0 atom stereocenters. The van der Waals surface area contributed by atoms with E-state index in [-0.39, 0.29) is 10.9 Å². The second-order valence-electron chi connectivity index (χ2n) is 6.86. The molecule has 0 unspecified atom stereocenters. The highest BCUT2D eigenvalue weighted by Gasteiger charge is 2.25. The van der Waals surface area contributed by atoms with Crippen molar-refractivity contribution < 1.29 is 17.7 Å². The lowest BCUT2D eigenvalue weighted by molar-refractivity contribution is 0.399. The van der Waals surface area contributed by atoms with Crippen LogP contribution in [0.25, 0.3) is 11.3 Å². The Labute approximate surface area is 155 Å². The molecule has 0 amide bonds. The molecule has 1 aliphatic rings. The number of methoxy groups -OCH3 is 1. The molecule has 1 aromatic carbocycles. The van der Waals surface area contributed by atoms with Crippen LogP contribution in [0.2, 0.25) is 0 Å². The minimum absolute atomic E-state index is 0.0267. The highest BCUT2D eigenvalue weighted by molar-refractivity contribution is 7.89. The number of sulfonamides is 1. The monoisotopic (exact) mass is 378 g/mol. The molecule has 1 heterocycles. The molecule has 1 saturated carbocycles. The number of benzene rings is 1. The summed E-state index contributed by atoms with van der Waals surface area (Å²) < 4.78 is 39.5. The van der Waals surface area contributed by atoms with Gasteiger partial charge in [0.1, 0.15) is 10.6 Å². The summed E-state index contributed by atoms with van der Waals surface area (Å²) >= 11 is 0. The molecule has 6 nitrogen and oxygen atoms in total. The quantitative estimate of drug-likeness (QED) is 0.849. The Kier molecular flexibility index (Phi) is 5.98. The van der Waals surface area contributed by atoms with E-state index in [1.54, 1.807) is 24.3 Å². The van der Waals surface area contributed by atoms with Crippen LogP contribution in [-0.2, 0) is 10.0 Å². The predicted octanol–water partition coefficient (Wildman–Crippen LogP) is 4.05. The normalized spacial score (nSPS) is 16.8. The molecule has 0 aliphatic heterocycles. The lowest BCUT2D eigenvalue weighted by atomic mass is 9.97. The molecule has 1 N–H and O–H groups in total. The number of nitrogens with zero attached hydrogens (tertiary/aromatic N) is 1. The number of aryl methyl sites for hydroxylation is 1. The molecule has 1 fully saturated rings. The van der Waals surface area contributed by atoms with E-state index in [0.29, 0.717) is 17.1 Å². The van der Waals surface area contributed by atoms with Gasteiger partial charge in [0.05, 0.1) is 12.8 Å². The minimum Gasteiger partial charge on any atom is -0.495 e. The summed E-state index contributed by atoms with van der Waals surface area (Å²) in [4.78, 5) is 0.133. The van der Waals surface area contributed by atoms with E-state index >= 15 is 0 Å². The van der Waals surface area contributed by atoms with Crippen LogP contribution in [0.5, 0.6) is 5.75 Å². The summed E-state index contributed by atoms with van der Waals surface area (Å²) in [5.74, 6) is 0.857. The third-order valence-electron chi connectivity index (χ3n) is 4.79. The van der Waals surface area contributed by atoms with Gasteiger partial charge in [-0.2, -0.15) is 0 Å². The maximum atomic E-state index is 13.0. The number of nitrogens with one attached hydrogen (secondary N) is 1. The van der Waals surface area contributed by atoms with Gasteiger partial charge in [0.25, 0.3) is 0 Å². The third kappa shape index (κ3) is 4.45. The van der Waals surface area contributed by atoms with Gasteiger partial charge in [0.2, 0.25) is 10.0 Å². The van der Waals surface area contributed by atoms with Crippen LogP contribution in [0.15, 0.2) is 33.7 Å². The van der Waals surface area contributed by atoms with Crippen LogP contribution in [-0.4, -0.2) is 26.7 Å². The van der Waals surface area contributed by atoms with Crippen molar-refractivity contribution >= 4 is 10.0 Å². The fourth-order valence-electron chi connectivity index (χ4n) is 3.40. The Balaban J connectivity index is 1.89. The molecule has 2 aromatic rings. The van der Waals surface area contributed by atoms with Gasteiger partial charge in [-0.15, -0.1) is 0 Å². The van der Waals surface area contributed by atoms with Crippen molar-refractivity contribution in [2.45, 2.75) is 62.8 Å². The first-order chi connectivity index (χ1) is 12.5. The molecule has 3 rings (SSSR count). The fraction of sp³-hybridized carbons (Fsp3) is 0.526. The second kappa shape index (κ2) is 8.22. The molecule has 7 heteroatoms. The van der Waals surface area contributed by atoms with Gasteiger partial charge in [-0.25, -0.2) is 13.1 Å². The zero-order chi connectivity index (χ0) is 18.6. The average Bonchev–Trinajstić information content (AvgIpc) is 3.03. The Hall–Kier alpha value is -1.86. The molecular weight excluding hydrogens is 352 g/mol. The molecule has 1 aliphatic carbocycles. The highest BCUT2D eigenvalue weighted by atomic mass is 32.2. The van der Waals surface area contributed by atoms with Crippen molar-refractivity contribution in [1.82, 2.24) is 9.88 Å². The first kappa shape index (κ1) is 18.9. The van der Waals surface area contributed by atoms with E-state index < -0.39 is 10.0 Å². The lowest BCUT2D eigenvalue weighted by Crippen LogP contribution is -2.35. The van der Waals surface area contributed by atoms with Gasteiger partial charge in [0.15, 0.2) is 5.76 Å². The molecule has 0 saturated heterocycles. The summed E-state index contributed by atoms with van der Waals surface area (Å²) in [7, 11) is -2.22. The zero-order valence-corrected chi connectivity index (χ0v) is 16.1. The van der Waals surface area contributed by atoms with E-state index in [0.717, 1.165) is 31.4 Å². The minimum atomic E-state index is -3.69.